The Morgan fingerprint density at radius 2 is 1.47 bits per heavy atom. The SMILES string of the molecule is COc1ccc(C2(c3ccc(OC)cc3)NC(=O)N(CC(=O)N3c4ccccc4C[C@@H]3C)C2=O)cc1. The normalized spacial score (nSPS) is 18.1. The maximum atomic E-state index is 14.0. The Morgan fingerprint density at radius 1 is 0.917 bits per heavy atom. The second-order valence-corrected chi connectivity index (χ2v) is 8.97. The highest BCUT2D eigenvalue weighted by molar-refractivity contribution is 6.12. The first-order valence-corrected chi connectivity index (χ1v) is 11.7. The standard InChI is InChI=1S/C28H27N3O5/c1-18-16-19-6-4-5-7-24(19)31(18)25(32)17-30-26(33)28(29-27(30)34,20-8-12-22(35-2)13-9-20)21-10-14-23(36-3)15-11-21/h4-15,18H,16-17H2,1-3H3,(H,29,34)/t18-/m0/s1. The van der Waals surface area contributed by atoms with E-state index in [2.05, 4.69) is 5.32 Å². The van der Waals surface area contributed by atoms with Crippen molar-refractivity contribution >= 4 is 23.5 Å². The Balaban J connectivity index is 1.51. The Bertz CT molecular complexity index is 1270. The number of methoxy groups -OCH3 is 2. The van der Waals surface area contributed by atoms with Gasteiger partial charge in [-0.25, -0.2) is 4.79 Å². The molecule has 2 aliphatic heterocycles. The first-order valence-electron chi connectivity index (χ1n) is 11.7. The summed E-state index contributed by atoms with van der Waals surface area (Å²) in [5, 5.41) is 2.89. The van der Waals surface area contributed by atoms with Crippen LogP contribution in [0.25, 0.3) is 0 Å². The van der Waals surface area contributed by atoms with E-state index in [1.54, 1.807) is 67.7 Å². The van der Waals surface area contributed by atoms with Crippen molar-refractivity contribution in [2.75, 3.05) is 25.7 Å². The largest absolute Gasteiger partial charge is 0.497 e. The van der Waals surface area contributed by atoms with Gasteiger partial charge in [-0.15, -0.1) is 0 Å². The fourth-order valence-corrected chi connectivity index (χ4v) is 5.12. The number of benzene rings is 3. The van der Waals surface area contributed by atoms with E-state index in [0.29, 0.717) is 22.6 Å². The molecule has 1 fully saturated rings. The van der Waals surface area contributed by atoms with Crippen LogP contribution in [-0.2, 0) is 21.5 Å². The molecule has 1 atom stereocenters. The Kier molecular flexibility index (Phi) is 5.88. The average molecular weight is 486 g/mol. The van der Waals surface area contributed by atoms with E-state index in [1.807, 2.05) is 31.2 Å². The van der Waals surface area contributed by atoms with Crippen LogP contribution in [0, 0.1) is 0 Å². The summed E-state index contributed by atoms with van der Waals surface area (Å²) in [7, 11) is 3.11. The molecule has 0 unspecified atom stereocenters. The molecule has 5 rings (SSSR count). The number of fused-ring (bicyclic) bond motifs is 1. The third kappa shape index (κ3) is 3.66. The number of ether oxygens (including phenoxy) is 2. The van der Waals surface area contributed by atoms with E-state index in [-0.39, 0.29) is 18.5 Å². The monoisotopic (exact) mass is 485 g/mol. The number of rotatable bonds is 6. The third-order valence-corrected chi connectivity index (χ3v) is 6.92. The van der Waals surface area contributed by atoms with Crippen molar-refractivity contribution < 1.29 is 23.9 Å². The number of nitrogens with one attached hydrogen (secondary N) is 1. The fourth-order valence-electron chi connectivity index (χ4n) is 5.12. The first-order chi connectivity index (χ1) is 17.4. The van der Waals surface area contributed by atoms with E-state index in [1.165, 1.54) is 0 Å². The number of nitrogens with zero attached hydrogens (tertiary/aromatic N) is 2. The number of amides is 4. The number of carbonyl (C=O) groups excluding carboxylic acids is 3. The van der Waals surface area contributed by atoms with Gasteiger partial charge in [0.25, 0.3) is 5.91 Å². The van der Waals surface area contributed by atoms with Gasteiger partial charge in [0, 0.05) is 11.7 Å². The quantitative estimate of drug-likeness (QED) is 0.540. The van der Waals surface area contributed by atoms with Gasteiger partial charge < -0.3 is 19.7 Å². The fraction of sp³-hybridized carbons (Fsp3) is 0.250. The van der Waals surface area contributed by atoms with Gasteiger partial charge in [0.15, 0.2) is 5.54 Å². The first kappa shape index (κ1) is 23.4. The van der Waals surface area contributed by atoms with Crippen molar-refractivity contribution in [2.45, 2.75) is 24.9 Å². The molecule has 8 heteroatoms. The molecule has 2 heterocycles. The molecule has 8 nitrogen and oxygen atoms in total. The molecular formula is C28H27N3O5. The molecule has 1 N–H and O–H groups in total. The molecule has 0 aliphatic carbocycles. The number of para-hydroxylation sites is 1. The maximum absolute atomic E-state index is 14.0. The molecule has 0 spiro atoms. The molecule has 0 radical (unpaired) electrons. The van der Waals surface area contributed by atoms with Crippen molar-refractivity contribution in [3.8, 4) is 11.5 Å². The molecule has 0 bridgehead atoms. The zero-order valence-electron chi connectivity index (χ0n) is 20.4. The van der Waals surface area contributed by atoms with Gasteiger partial charge in [-0.3, -0.25) is 14.5 Å². The van der Waals surface area contributed by atoms with Gasteiger partial charge in [0.1, 0.15) is 18.0 Å². The number of anilines is 1. The number of imide groups is 1. The highest BCUT2D eigenvalue weighted by Gasteiger charge is 2.54. The van der Waals surface area contributed by atoms with Crippen molar-refractivity contribution in [3.05, 3.63) is 89.5 Å². The van der Waals surface area contributed by atoms with Gasteiger partial charge in [-0.2, -0.15) is 0 Å². The smallest absolute Gasteiger partial charge is 0.326 e. The van der Waals surface area contributed by atoms with Crippen LogP contribution < -0.4 is 19.7 Å². The summed E-state index contributed by atoms with van der Waals surface area (Å²) < 4.78 is 10.5. The minimum atomic E-state index is -1.50. The maximum Gasteiger partial charge on any atom is 0.326 e. The highest BCUT2D eigenvalue weighted by atomic mass is 16.5. The van der Waals surface area contributed by atoms with E-state index < -0.39 is 17.5 Å². The third-order valence-electron chi connectivity index (χ3n) is 6.92. The van der Waals surface area contributed by atoms with Crippen molar-refractivity contribution in [1.82, 2.24) is 10.2 Å². The second-order valence-electron chi connectivity index (χ2n) is 8.97. The van der Waals surface area contributed by atoms with Crippen LogP contribution in [0.15, 0.2) is 72.8 Å². The number of hydrogen-bond acceptors (Lipinski definition) is 5. The van der Waals surface area contributed by atoms with Gasteiger partial charge in [0.05, 0.1) is 14.2 Å². The van der Waals surface area contributed by atoms with Crippen LogP contribution in [-0.4, -0.2) is 49.6 Å². The molecular weight excluding hydrogens is 458 g/mol. The van der Waals surface area contributed by atoms with Crippen LogP contribution in [0.3, 0.4) is 0 Å². The summed E-state index contributed by atoms with van der Waals surface area (Å²) in [6, 6.07) is 20.9. The van der Waals surface area contributed by atoms with E-state index in [9.17, 15) is 14.4 Å². The Morgan fingerprint density at radius 3 is 2.03 bits per heavy atom. The summed E-state index contributed by atoms with van der Waals surface area (Å²) in [6.07, 6.45) is 0.726. The van der Waals surface area contributed by atoms with Crippen LogP contribution in [0.2, 0.25) is 0 Å². The molecule has 1 saturated heterocycles. The summed E-state index contributed by atoms with van der Waals surface area (Å²) in [5.74, 6) is 0.413. The molecule has 36 heavy (non-hydrogen) atoms. The predicted octanol–water partition coefficient (Wildman–Crippen LogP) is 3.48. The van der Waals surface area contributed by atoms with E-state index in [4.69, 9.17) is 9.47 Å². The van der Waals surface area contributed by atoms with E-state index >= 15 is 0 Å². The summed E-state index contributed by atoms with van der Waals surface area (Å²) >= 11 is 0. The van der Waals surface area contributed by atoms with Gasteiger partial charge in [-0.05, 0) is 60.4 Å². The Hall–Kier alpha value is -4.33. The minimum Gasteiger partial charge on any atom is -0.497 e. The Labute approximate surface area is 209 Å². The van der Waals surface area contributed by atoms with Crippen molar-refractivity contribution in [2.24, 2.45) is 0 Å². The average Bonchev–Trinajstić information content (AvgIpc) is 3.37. The van der Waals surface area contributed by atoms with Crippen LogP contribution in [0.4, 0.5) is 10.5 Å². The van der Waals surface area contributed by atoms with Crippen LogP contribution in [0.1, 0.15) is 23.6 Å². The topological polar surface area (TPSA) is 88.2 Å². The summed E-state index contributed by atoms with van der Waals surface area (Å²) in [4.78, 5) is 43.4. The molecule has 0 saturated carbocycles. The lowest BCUT2D eigenvalue weighted by Crippen LogP contribution is -2.47. The summed E-state index contributed by atoms with van der Waals surface area (Å²) in [6.45, 7) is 1.60. The van der Waals surface area contributed by atoms with Gasteiger partial charge >= 0.3 is 6.03 Å². The minimum absolute atomic E-state index is 0.0661. The van der Waals surface area contributed by atoms with Crippen LogP contribution >= 0.6 is 0 Å². The van der Waals surface area contributed by atoms with Gasteiger partial charge in [-0.1, -0.05) is 42.5 Å². The predicted molar refractivity (Wildman–Crippen MR) is 134 cm³/mol. The molecule has 4 amide bonds. The molecule has 3 aromatic rings. The second kappa shape index (κ2) is 9.03. The molecule has 2 aliphatic rings. The highest BCUT2D eigenvalue weighted by Crippen LogP contribution is 2.38. The van der Waals surface area contributed by atoms with Gasteiger partial charge in [0.2, 0.25) is 5.91 Å². The van der Waals surface area contributed by atoms with E-state index in [0.717, 1.165) is 22.6 Å². The number of hydrogen-bond donors (Lipinski definition) is 1. The molecule has 184 valence electrons. The summed E-state index contributed by atoms with van der Waals surface area (Å²) in [5.41, 5.74) is 1.51. The molecule has 0 aromatic heterocycles. The lowest BCUT2D eigenvalue weighted by atomic mass is 9.82. The number of urea groups is 1. The lowest BCUT2D eigenvalue weighted by molar-refractivity contribution is -0.133. The zero-order valence-corrected chi connectivity index (χ0v) is 20.4. The zero-order chi connectivity index (χ0) is 25.4. The molecule has 3 aromatic carbocycles. The van der Waals surface area contributed by atoms with Crippen LogP contribution in [0.5, 0.6) is 11.5 Å². The van der Waals surface area contributed by atoms with Crippen molar-refractivity contribution in [3.63, 3.8) is 0 Å². The lowest BCUT2D eigenvalue weighted by Gasteiger charge is -2.29. The van der Waals surface area contributed by atoms with Crippen molar-refractivity contribution in [1.29, 1.82) is 0 Å². The number of carbonyl (C=O) groups is 3.